The molecule has 0 N–H and O–H groups in total. The Kier molecular flexibility index (Phi) is 3.66. The van der Waals surface area contributed by atoms with Gasteiger partial charge in [-0.2, -0.15) is 0 Å². The molecule has 0 fully saturated rings. The van der Waals surface area contributed by atoms with Gasteiger partial charge in [0.2, 0.25) is 5.88 Å². The highest BCUT2D eigenvalue weighted by molar-refractivity contribution is 7.07. The molecular weight excluding hydrogens is 250 g/mol. The van der Waals surface area contributed by atoms with Crippen LogP contribution in [0.1, 0.15) is 19.4 Å². The van der Waals surface area contributed by atoms with E-state index in [4.69, 9.17) is 4.74 Å². The summed E-state index contributed by atoms with van der Waals surface area (Å²) < 4.78 is 5.21. The third kappa shape index (κ3) is 3.10. The maximum Gasteiger partial charge on any atom is 0.318 e. The van der Waals surface area contributed by atoms with Gasteiger partial charge in [-0.15, -0.1) is 11.3 Å². The molecule has 0 amide bonds. The minimum atomic E-state index is -0.645. The molecule has 0 spiro atoms. The van der Waals surface area contributed by atoms with Crippen molar-refractivity contribution < 1.29 is 9.53 Å². The summed E-state index contributed by atoms with van der Waals surface area (Å²) in [5.41, 5.74) is 1.88. The van der Waals surface area contributed by atoms with Crippen LogP contribution in [0.25, 0.3) is 0 Å². The average molecular weight is 263 g/mol. The van der Waals surface area contributed by atoms with Gasteiger partial charge >= 0.3 is 5.97 Å². The maximum atomic E-state index is 12.0. The Balaban J connectivity index is 2.04. The molecule has 2 aromatic heterocycles. The van der Waals surface area contributed by atoms with E-state index in [1.807, 2.05) is 13.8 Å². The highest BCUT2D eigenvalue weighted by atomic mass is 32.1. The van der Waals surface area contributed by atoms with Crippen molar-refractivity contribution in [3.05, 3.63) is 35.2 Å². The molecule has 0 aliphatic carbocycles. The van der Waals surface area contributed by atoms with E-state index in [9.17, 15) is 4.79 Å². The minimum Gasteiger partial charge on any atom is -0.406 e. The minimum absolute atomic E-state index is 0.308. The molecule has 6 heteroatoms. The van der Waals surface area contributed by atoms with E-state index >= 15 is 0 Å². The summed E-state index contributed by atoms with van der Waals surface area (Å²) >= 11 is 1.39. The molecular formula is C12H13N3O2S. The van der Waals surface area contributed by atoms with Crippen LogP contribution in [0.5, 0.6) is 5.88 Å². The number of hydrogen-bond acceptors (Lipinski definition) is 6. The van der Waals surface area contributed by atoms with Gasteiger partial charge in [0.1, 0.15) is 6.33 Å². The first-order chi connectivity index (χ1) is 8.58. The molecule has 0 aliphatic rings. The van der Waals surface area contributed by atoms with Gasteiger partial charge in [0.15, 0.2) is 0 Å². The van der Waals surface area contributed by atoms with E-state index in [1.54, 1.807) is 23.3 Å². The second-order valence-corrected chi connectivity index (χ2v) is 5.24. The zero-order chi connectivity index (χ0) is 13.0. The van der Waals surface area contributed by atoms with Crippen LogP contribution in [0.3, 0.4) is 0 Å². The Bertz CT molecular complexity index is 511. The van der Waals surface area contributed by atoms with Crippen LogP contribution in [-0.4, -0.2) is 20.9 Å². The Morgan fingerprint density at radius 2 is 2.11 bits per heavy atom. The zero-order valence-electron chi connectivity index (χ0n) is 10.2. The van der Waals surface area contributed by atoms with Crippen molar-refractivity contribution in [2.24, 2.45) is 5.41 Å². The zero-order valence-corrected chi connectivity index (χ0v) is 11.0. The first-order valence-electron chi connectivity index (χ1n) is 5.42. The Hall–Kier alpha value is -1.82. The molecule has 94 valence electrons. The number of hydrogen-bond donors (Lipinski definition) is 0. The molecule has 0 saturated carbocycles. The van der Waals surface area contributed by atoms with Crippen molar-refractivity contribution in [3.63, 3.8) is 0 Å². The molecule has 18 heavy (non-hydrogen) atoms. The maximum absolute atomic E-state index is 12.0. The van der Waals surface area contributed by atoms with Crippen LogP contribution in [0.4, 0.5) is 0 Å². The number of nitrogens with zero attached hydrogens (tertiary/aromatic N) is 3. The van der Waals surface area contributed by atoms with Crippen molar-refractivity contribution >= 4 is 17.3 Å². The lowest BCUT2D eigenvalue weighted by Gasteiger charge is -2.21. The fraction of sp³-hybridized carbons (Fsp3) is 0.333. The van der Waals surface area contributed by atoms with Gasteiger partial charge in [-0.05, 0) is 25.8 Å². The molecule has 2 rings (SSSR count). The van der Waals surface area contributed by atoms with Gasteiger partial charge in [0.25, 0.3) is 0 Å². The molecule has 2 heterocycles. The van der Waals surface area contributed by atoms with Crippen LogP contribution in [-0.2, 0) is 11.2 Å². The fourth-order valence-corrected chi connectivity index (χ4v) is 1.94. The Morgan fingerprint density at radius 3 is 2.72 bits per heavy atom. The van der Waals surface area contributed by atoms with Gasteiger partial charge in [0, 0.05) is 12.4 Å². The average Bonchev–Trinajstić information content (AvgIpc) is 2.82. The van der Waals surface area contributed by atoms with Crippen molar-refractivity contribution in [2.45, 2.75) is 20.3 Å². The number of carbonyl (C=O) groups excluding carboxylic acids is 1. The number of carbonyl (C=O) groups is 1. The number of esters is 1. The van der Waals surface area contributed by atoms with Crippen molar-refractivity contribution in [2.75, 3.05) is 0 Å². The van der Waals surface area contributed by atoms with Crippen molar-refractivity contribution in [1.82, 2.24) is 15.0 Å². The van der Waals surface area contributed by atoms with Crippen molar-refractivity contribution in [1.29, 1.82) is 0 Å². The summed E-state index contributed by atoms with van der Waals surface area (Å²) in [7, 11) is 0. The third-order valence-electron chi connectivity index (χ3n) is 2.42. The third-order valence-corrected chi connectivity index (χ3v) is 2.98. The summed E-state index contributed by atoms with van der Waals surface area (Å²) in [6.07, 6.45) is 5.39. The topological polar surface area (TPSA) is 65.0 Å². The molecule has 5 nitrogen and oxygen atoms in total. The standard InChI is InChI=1S/C12H13N3O2S/c1-12(2,3-9-4-13-7-14-5-9)11(16)17-10-6-18-8-15-10/h4-8H,3H2,1-2H3. The smallest absolute Gasteiger partial charge is 0.318 e. The summed E-state index contributed by atoms with van der Waals surface area (Å²) in [5.74, 6) is 0.0413. The number of rotatable bonds is 4. The first kappa shape index (κ1) is 12.6. The lowest BCUT2D eigenvalue weighted by atomic mass is 9.87. The van der Waals surface area contributed by atoms with Gasteiger partial charge in [0.05, 0.1) is 16.3 Å². The highest BCUT2D eigenvalue weighted by Crippen LogP contribution is 2.24. The van der Waals surface area contributed by atoms with Crippen LogP contribution >= 0.6 is 11.3 Å². The second-order valence-electron chi connectivity index (χ2n) is 4.52. The summed E-state index contributed by atoms with van der Waals surface area (Å²) in [4.78, 5) is 23.8. The summed E-state index contributed by atoms with van der Waals surface area (Å²) in [6, 6.07) is 0. The first-order valence-corrected chi connectivity index (χ1v) is 6.36. The van der Waals surface area contributed by atoms with E-state index in [0.29, 0.717) is 12.3 Å². The van der Waals surface area contributed by atoms with Crippen LogP contribution in [0, 0.1) is 5.41 Å². The van der Waals surface area contributed by atoms with E-state index < -0.39 is 5.41 Å². The van der Waals surface area contributed by atoms with Crippen LogP contribution < -0.4 is 4.74 Å². The van der Waals surface area contributed by atoms with E-state index in [0.717, 1.165) is 5.56 Å². The Morgan fingerprint density at radius 1 is 1.39 bits per heavy atom. The van der Waals surface area contributed by atoms with Gasteiger partial charge in [-0.3, -0.25) is 4.79 Å². The molecule has 2 aromatic rings. The van der Waals surface area contributed by atoms with E-state index in [-0.39, 0.29) is 5.97 Å². The number of thiazole rings is 1. The monoisotopic (exact) mass is 263 g/mol. The quantitative estimate of drug-likeness (QED) is 0.790. The lowest BCUT2D eigenvalue weighted by molar-refractivity contribution is -0.144. The largest absolute Gasteiger partial charge is 0.406 e. The molecule has 0 saturated heterocycles. The highest BCUT2D eigenvalue weighted by Gasteiger charge is 2.30. The molecule has 0 atom stereocenters. The number of ether oxygens (including phenoxy) is 1. The Labute approximate surface area is 109 Å². The van der Waals surface area contributed by atoms with E-state index in [1.165, 1.54) is 17.7 Å². The predicted octanol–water partition coefficient (Wildman–Crippen LogP) is 2.11. The fourth-order valence-electron chi connectivity index (χ4n) is 1.49. The normalized spacial score (nSPS) is 11.2. The summed E-state index contributed by atoms with van der Waals surface area (Å²) in [6.45, 7) is 3.66. The second kappa shape index (κ2) is 5.22. The SMILES string of the molecule is CC(C)(Cc1cncnc1)C(=O)Oc1cscn1. The molecule has 0 aliphatic heterocycles. The van der Waals surface area contributed by atoms with Crippen molar-refractivity contribution in [3.8, 4) is 5.88 Å². The van der Waals surface area contributed by atoms with Gasteiger partial charge < -0.3 is 4.74 Å². The van der Waals surface area contributed by atoms with E-state index in [2.05, 4.69) is 15.0 Å². The molecule has 0 radical (unpaired) electrons. The van der Waals surface area contributed by atoms with Gasteiger partial charge in [-0.25, -0.2) is 15.0 Å². The summed E-state index contributed by atoms with van der Waals surface area (Å²) in [5, 5.41) is 1.69. The predicted molar refractivity (Wildman–Crippen MR) is 67.3 cm³/mol. The van der Waals surface area contributed by atoms with Crippen LogP contribution in [0.15, 0.2) is 29.6 Å². The van der Waals surface area contributed by atoms with Crippen LogP contribution in [0.2, 0.25) is 0 Å². The molecule has 0 unspecified atom stereocenters. The lowest BCUT2D eigenvalue weighted by Crippen LogP contribution is -2.31. The number of aromatic nitrogens is 3. The van der Waals surface area contributed by atoms with Gasteiger partial charge in [-0.1, -0.05) is 0 Å². The molecule has 0 bridgehead atoms. The molecule has 0 aromatic carbocycles.